The predicted molar refractivity (Wildman–Crippen MR) is 34.7 cm³/mol. The van der Waals surface area contributed by atoms with Crippen molar-refractivity contribution in [1.29, 1.82) is 0 Å². The summed E-state index contributed by atoms with van der Waals surface area (Å²) in [7, 11) is 0. The van der Waals surface area contributed by atoms with E-state index in [4.69, 9.17) is 5.73 Å². The first-order valence-corrected chi connectivity index (χ1v) is 3.28. The fraction of sp³-hybridized carbons (Fsp3) is 1.00. The summed E-state index contributed by atoms with van der Waals surface area (Å²) in [5, 5.41) is 0. The van der Waals surface area contributed by atoms with Gasteiger partial charge in [0.1, 0.15) is 0 Å². The van der Waals surface area contributed by atoms with Crippen LogP contribution in [0.2, 0.25) is 0 Å². The summed E-state index contributed by atoms with van der Waals surface area (Å²) in [5.41, 5.74) is 5.37. The van der Waals surface area contributed by atoms with Gasteiger partial charge in [0.15, 0.2) is 0 Å². The van der Waals surface area contributed by atoms with Gasteiger partial charge in [0, 0.05) is 19.1 Å². The predicted octanol–water partition coefficient (Wildman–Crippen LogP) is 0.0393. The van der Waals surface area contributed by atoms with Crippen molar-refractivity contribution in [3.05, 3.63) is 0 Å². The van der Waals surface area contributed by atoms with E-state index in [2.05, 4.69) is 11.8 Å². The first-order valence-electron chi connectivity index (χ1n) is 3.28. The second-order valence-corrected chi connectivity index (χ2v) is 2.46. The topological polar surface area (TPSA) is 29.0 Å². The summed E-state index contributed by atoms with van der Waals surface area (Å²) < 4.78 is 0. The summed E-state index contributed by atoms with van der Waals surface area (Å²) in [5.74, 6) is 0. The smallest absolute Gasteiger partial charge is 0.0113 e. The lowest BCUT2D eigenvalue weighted by Crippen LogP contribution is -2.18. The molecule has 0 aromatic heterocycles. The van der Waals surface area contributed by atoms with Gasteiger partial charge in [0.2, 0.25) is 0 Å². The molecule has 0 unspecified atom stereocenters. The minimum atomic E-state index is 0.736. The molecule has 1 saturated heterocycles. The van der Waals surface area contributed by atoms with E-state index in [-0.39, 0.29) is 0 Å². The standard InChI is InChI=1S/C6H14N2/c1-6(2-3-7)8-4-5-8/h6H,2-5,7H2,1H3/t6-/m1/s1. The molecule has 0 saturated carbocycles. The number of hydrogen-bond acceptors (Lipinski definition) is 2. The highest BCUT2D eigenvalue weighted by Gasteiger charge is 2.22. The highest BCUT2D eigenvalue weighted by molar-refractivity contribution is 4.78. The third-order valence-electron chi connectivity index (χ3n) is 1.69. The summed E-state index contributed by atoms with van der Waals surface area (Å²) in [4.78, 5) is 2.42. The fourth-order valence-corrected chi connectivity index (χ4v) is 0.922. The molecule has 1 heterocycles. The minimum absolute atomic E-state index is 0.736. The molecule has 1 aliphatic heterocycles. The van der Waals surface area contributed by atoms with E-state index in [1.807, 2.05) is 0 Å². The molecule has 0 amide bonds. The second-order valence-electron chi connectivity index (χ2n) is 2.46. The molecule has 2 heteroatoms. The maximum Gasteiger partial charge on any atom is 0.0113 e. The Kier molecular flexibility index (Phi) is 1.86. The number of nitrogens with zero attached hydrogens (tertiary/aromatic N) is 1. The molecule has 0 radical (unpaired) electrons. The van der Waals surface area contributed by atoms with Crippen LogP contribution in [0, 0.1) is 0 Å². The van der Waals surface area contributed by atoms with Crippen molar-refractivity contribution in [2.75, 3.05) is 19.6 Å². The van der Waals surface area contributed by atoms with Gasteiger partial charge in [-0.2, -0.15) is 0 Å². The Morgan fingerprint density at radius 2 is 2.25 bits per heavy atom. The monoisotopic (exact) mass is 114 g/mol. The van der Waals surface area contributed by atoms with Gasteiger partial charge in [0.25, 0.3) is 0 Å². The van der Waals surface area contributed by atoms with Gasteiger partial charge >= 0.3 is 0 Å². The highest BCUT2D eigenvalue weighted by Crippen LogP contribution is 2.11. The Labute approximate surface area is 50.7 Å². The lowest BCUT2D eigenvalue weighted by atomic mass is 10.2. The number of hydrogen-bond donors (Lipinski definition) is 1. The first kappa shape index (κ1) is 6.05. The van der Waals surface area contributed by atoms with Gasteiger partial charge in [-0.05, 0) is 19.9 Å². The van der Waals surface area contributed by atoms with Crippen molar-refractivity contribution >= 4 is 0 Å². The minimum Gasteiger partial charge on any atom is -0.330 e. The van der Waals surface area contributed by atoms with Gasteiger partial charge < -0.3 is 5.73 Å². The van der Waals surface area contributed by atoms with Crippen molar-refractivity contribution in [1.82, 2.24) is 4.90 Å². The lowest BCUT2D eigenvalue weighted by Gasteiger charge is -2.08. The fourth-order valence-electron chi connectivity index (χ4n) is 0.922. The number of nitrogens with two attached hydrogens (primary N) is 1. The third kappa shape index (κ3) is 1.46. The van der Waals surface area contributed by atoms with Crippen LogP contribution in [0.1, 0.15) is 13.3 Å². The molecule has 48 valence electrons. The van der Waals surface area contributed by atoms with Crippen molar-refractivity contribution in [3.63, 3.8) is 0 Å². The van der Waals surface area contributed by atoms with Crippen molar-refractivity contribution < 1.29 is 0 Å². The van der Waals surface area contributed by atoms with Crippen LogP contribution in [0.25, 0.3) is 0 Å². The summed E-state index contributed by atoms with van der Waals surface area (Å²) in [6.45, 7) is 5.65. The Morgan fingerprint density at radius 1 is 1.62 bits per heavy atom. The average molecular weight is 114 g/mol. The molecular weight excluding hydrogens is 100 g/mol. The van der Waals surface area contributed by atoms with E-state index < -0.39 is 0 Å². The molecule has 2 nitrogen and oxygen atoms in total. The van der Waals surface area contributed by atoms with Crippen LogP contribution in [0.3, 0.4) is 0 Å². The quantitative estimate of drug-likeness (QED) is 0.525. The van der Waals surface area contributed by atoms with E-state index in [0.29, 0.717) is 0 Å². The first-order chi connectivity index (χ1) is 3.84. The van der Waals surface area contributed by atoms with Crippen molar-refractivity contribution in [2.24, 2.45) is 5.73 Å². The van der Waals surface area contributed by atoms with E-state index in [9.17, 15) is 0 Å². The maximum absolute atomic E-state index is 5.37. The Bertz CT molecular complexity index is 68.9. The van der Waals surface area contributed by atoms with Gasteiger partial charge in [-0.15, -0.1) is 0 Å². The van der Waals surface area contributed by atoms with Gasteiger partial charge in [-0.3, -0.25) is 4.90 Å². The van der Waals surface area contributed by atoms with E-state index in [1.165, 1.54) is 13.1 Å². The molecule has 0 spiro atoms. The molecule has 0 aromatic rings. The molecule has 1 aliphatic rings. The average Bonchev–Trinajstić information content (AvgIpc) is 2.45. The largest absolute Gasteiger partial charge is 0.330 e. The Hall–Kier alpha value is -0.0800. The summed E-state index contributed by atoms with van der Waals surface area (Å²) in [6.07, 6.45) is 1.15. The van der Waals surface area contributed by atoms with Crippen molar-refractivity contribution in [3.8, 4) is 0 Å². The van der Waals surface area contributed by atoms with Crippen molar-refractivity contribution in [2.45, 2.75) is 19.4 Å². The second kappa shape index (κ2) is 2.46. The maximum atomic E-state index is 5.37. The van der Waals surface area contributed by atoms with Crippen LogP contribution in [0.5, 0.6) is 0 Å². The zero-order valence-corrected chi connectivity index (χ0v) is 5.43. The molecule has 1 rings (SSSR count). The van der Waals surface area contributed by atoms with Crippen LogP contribution in [-0.2, 0) is 0 Å². The Balaban J connectivity index is 2.03. The molecule has 1 fully saturated rings. The molecule has 0 aliphatic carbocycles. The molecule has 8 heavy (non-hydrogen) atoms. The third-order valence-corrected chi connectivity index (χ3v) is 1.69. The van der Waals surface area contributed by atoms with E-state index in [1.54, 1.807) is 0 Å². The SMILES string of the molecule is C[C@H](CCN)N1CC1. The van der Waals surface area contributed by atoms with Gasteiger partial charge in [-0.25, -0.2) is 0 Å². The molecule has 2 N–H and O–H groups in total. The van der Waals surface area contributed by atoms with Crippen LogP contribution in [0.15, 0.2) is 0 Å². The van der Waals surface area contributed by atoms with Crippen LogP contribution < -0.4 is 5.73 Å². The summed E-state index contributed by atoms with van der Waals surface area (Å²) >= 11 is 0. The van der Waals surface area contributed by atoms with Gasteiger partial charge in [-0.1, -0.05) is 0 Å². The molecule has 0 aromatic carbocycles. The van der Waals surface area contributed by atoms with E-state index >= 15 is 0 Å². The summed E-state index contributed by atoms with van der Waals surface area (Å²) in [6, 6.07) is 0.736. The zero-order valence-electron chi connectivity index (χ0n) is 5.43. The highest BCUT2D eigenvalue weighted by atomic mass is 15.3. The van der Waals surface area contributed by atoms with Gasteiger partial charge in [0.05, 0.1) is 0 Å². The van der Waals surface area contributed by atoms with E-state index in [0.717, 1.165) is 19.0 Å². The normalized spacial score (nSPS) is 23.2. The molecule has 0 bridgehead atoms. The molecule has 1 atom stereocenters. The zero-order chi connectivity index (χ0) is 5.98. The Morgan fingerprint density at radius 3 is 2.62 bits per heavy atom. The number of rotatable bonds is 3. The van der Waals surface area contributed by atoms with Crippen LogP contribution >= 0.6 is 0 Å². The van der Waals surface area contributed by atoms with Crippen LogP contribution in [-0.4, -0.2) is 30.6 Å². The molecular formula is C6H14N2. The van der Waals surface area contributed by atoms with Crippen LogP contribution in [0.4, 0.5) is 0 Å². The lowest BCUT2D eigenvalue weighted by molar-refractivity contribution is 0.408.